The van der Waals surface area contributed by atoms with E-state index in [4.69, 9.17) is 23.2 Å². The van der Waals surface area contributed by atoms with Crippen molar-refractivity contribution in [2.45, 2.75) is 77.3 Å². The fraction of sp³-hybridized carbons (Fsp3) is 0.576. The highest BCUT2D eigenvalue weighted by molar-refractivity contribution is 7.92. The van der Waals surface area contributed by atoms with Crippen molar-refractivity contribution in [2.75, 3.05) is 23.7 Å². The number of hydrogen-bond acceptors (Lipinski definition) is 4. The Balaban J connectivity index is 1.38. The third-order valence-electron chi connectivity index (χ3n) is 9.67. The second-order valence-electron chi connectivity index (χ2n) is 13.6. The number of halogens is 2. The minimum absolute atomic E-state index is 0.0640. The maximum absolute atomic E-state index is 13.9. The minimum atomic E-state index is -3.81. The lowest BCUT2D eigenvalue weighted by Gasteiger charge is -2.57. The predicted octanol–water partition coefficient (Wildman–Crippen LogP) is 6.42. The van der Waals surface area contributed by atoms with Crippen LogP contribution in [-0.4, -0.2) is 50.5 Å². The van der Waals surface area contributed by atoms with Crippen LogP contribution in [0.15, 0.2) is 42.5 Å². The Morgan fingerprint density at radius 3 is 2.02 bits per heavy atom. The Bertz CT molecular complexity index is 1430. The molecular weight excluding hydrogens is 605 g/mol. The van der Waals surface area contributed by atoms with Gasteiger partial charge in [-0.15, -0.1) is 0 Å². The molecule has 0 unspecified atom stereocenters. The van der Waals surface area contributed by atoms with Gasteiger partial charge in [-0.05, 0) is 110 Å². The van der Waals surface area contributed by atoms with Gasteiger partial charge in [0.25, 0.3) is 0 Å². The number of carbonyl (C=O) groups excluding carboxylic acids is 2. The Kier molecular flexibility index (Phi) is 9.41. The van der Waals surface area contributed by atoms with Gasteiger partial charge in [0.2, 0.25) is 21.8 Å². The molecular formula is C33H43Cl2N3O4S. The summed E-state index contributed by atoms with van der Waals surface area (Å²) < 4.78 is 27.3. The van der Waals surface area contributed by atoms with Crippen molar-refractivity contribution in [1.82, 2.24) is 10.2 Å². The lowest BCUT2D eigenvalue weighted by molar-refractivity contribution is -0.139. The predicted molar refractivity (Wildman–Crippen MR) is 173 cm³/mol. The van der Waals surface area contributed by atoms with Gasteiger partial charge in [-0.2, -0.15) is 0 Å². The summed E-state index contributed by atoms with van der Waals surface area (Å²) in [7, 11) is -3.81. The van der Waals surface area contributed by atoms with Gasteiger partial charge in [0.15, 0.2) is 0 Å². The maximum Gasteiger partial charge on any atom is 0.244 e. The maximum atomic E-state index is 13.9. The normalized spacial score (nSPS) is 25.0. The summed E-state index contributed by atoms with van der Waals surface area (Å²) >= 11 is 12.3. The highest BCUT2D eigenvalue weighted by Crippen LogP contribution is 2.60. The van der Waals surface area contributed by atoms with E-state index >= 15 is 0 Å². The molecule has 10 heteroatoms. The number of nitrogens with one attached hydrogen (secondary N) is 1. The molecule has 4 fully saturated rings. The molecule has 2 amide bonds. The van der Waals surface area contributed by atoms with Crippen LogP contribution in [0.3, 0.4) is 0 Å². The lowest BCUT2D eigenvalue weighted by atomic mass is 9.48. The second-order valence-corrected chi connectivity index (χ2v) is 16.3. The van der Waals surface area contributed by atoms with Gasteiger partial charge in [0.05, 0.1) is 22.0 Å². The molecule has 4 bridgehead atoms. The Morgan fingerprint density at radius 1 is 0.930 bits per heavy atom. The van der Waals surface area contributed by atoms with E-state index in [0.29, 0.717) is 27.8 Å². The molecule has 4 saturated carbocycles. The summed E-state index contributed by atoms with van der Waals surface area (Å²) in [5.41, 5.74) is 2.59. The molecule has 1 atom stereocenters. The molecule has 234 valence electrons. The number of carbonyl (C=O) groups is 2. The molecule has 7 nitrogen and oxygen atoms in total. The summed E-state index contributed by atoms with van der Waals surface area (Å²) in [6, 6.07) is 12.0. The van der Waals surface area contributed by atoms with E-state index in [-0.39, 0.29) is 23.8 Å². The summed E-state index contributed by atoms with van der Waals surface area (Å²) in [6.45, 7) is 5.72. The van der Waals surface area contributed by atoms with Crippen LogP contribution in [-0.2, 0) is 31.6 Å². The summed E-state index contributed by atoms with van der Waals surface area (Å²) in [5, 5.41) is 3.60. The minimum Gasteiger partial charge on any atom is -0.354 e. The van der Waals surface area contributed by atoms with E-state index in [1.807, 2.05) is 26.0 Å². The molecule has 0 aliphatic heterocycles. The van der Waals surface area contributed by atoms with Gasteiger partial charge in [0.1, 0.15) is 12.6 Å². The first-order valence-electron chi connectivity index (χ1n) is 15.3. The number of benzene rings is 2. The molecule has 4 aliphatic rings. The average Bonchev–Trinajstić information content (AvgIpc) is 2.93. The van der Waals surface area contributed by atoms with Crippen molar-refractivity contribution >= 4 is 50.7 Å². The fourth-order valence-electron chi connectivity index (χ4n) is 7.93. The second kappa shape index (κ2) is 12.6. The average molecular weight is 649 g/mol. The molecule has 0 spiro atoms. The van der Waals surface area contributed by atoms with E-state index in [1.54, 1.807) is 25.1 Å². The number of sulfonamides is 1. The smallest absolute Gasteiger partial charge is 0.244 e. The molecule has 2 aromatic carbocycles. The molecule has 1 N–H and O–H groups in total. The van der Waals surface area contributed by atoms with Crippen molar-refractivity contribution in [3.05, 3.63) is 63.6 Å². The number of anilines is 1. The van der Waals surface area contributed by atoms with E-state index in [9.17, 15) is 18.0 Å². The van der Waals surface area contributed by atoms with Crippen molar-refractivity contribution in [2.24, 2.45) is 23.7 Å². The molecule has 6 rings (SSSR count). The lowest BCUT2D eigenvalue weighted by Crippen LogP contribution is -2.51. The first-order chi connectivity index (χ1) is 20.2. The Labute approximate surface area is 266 Å². The van der Waals surface area contributed by atoms with Gasteiger partial charge in [-0.3, -0.25) is 13.9 Å². The molecule has 0 radical (unpaired) electrons. The standard InChI is InChI=1S/C33H43Cl2N3O4S/c1-21(2)18-36-32(40)22(3)37(19-23-5-10-29(34)30(35)14-23)31(39)20-38(43(4,41)42)28-8-6-27(7-9-28)33-15-24-11-25(16-33)13-26(12-24)17-33/h5-10,14,21-22,24-26H,11-13,15-20H2,1-4H3,(H,36,40)/t22-,24?,25?,26?,33?/m0/s1. The Morgan fingerprint density at radius 2 is 1.51 bits per heavy atom. The zero-order valence-corrected chi connectivity index (χ0v) is 27.8. The van der Waals surface area contributed by atoms with E-state index in [0.717, 1.165) is 28.3 Å². The molecule has 4 aliphatic carbocycles. The number of nitrogens with zero attached hydrogens (tertiary/aromatic N) is 2. The zero-order chi connectivity index (χ0) is 31.1. The van der Waals surface area contributed by atoms with Crippen LogP contribution in [0.4, 0.5) is 5.69 Å². The molecule has 0 heterocycles. The molecule has 0 saturated heterocycles. The molecule has 0 aromatic heterocycles. The number of hydrogen-bond donors (Lipinski definition) is 1. The molecule has 2 aromatic rings. The Hall–Kier alpha value is -2.29. The van der Waals surface area contributed by atoms with E-state index < -0.39 is 28.5 Å². The van der Waals surface area contributed by atoms with Crippen molar-refractivity contribution < 1.29 is 18.0 Å². The zero-order valence-electron chi connectivity index (χ0n) is 25.5. The monoisotopic (exact) mass is 647 g/mol. The van der Waals surface area contributed by atoms with E-state index in [2.05, 4.69) is 17.4 Å². The van der Waals surface area contributed by atoms with Gasteiger partial charge in [0, 0.05) is 13.1 Å². The van der Waals surface area contributed by atoms with Crippen LogP contribution in [0.5, 0.6) is 0 Å². The van der Waals surface area contributed by atoms with E-state index in [1.165, 1.54) is 49.0 Å². The van der Waals surface area contributed by atoms with Crippen LogP contribution >= 0.6 is 23.2 Å². The highest BCUT2D eigenvalue weighted by atomic mass is 35.5. The van der Waals surface area contributed by atoms with Crippen LogP contribution in [0.2, 0.25) is 10.0 Å². The van der Waals surface area contributed by atoms with Crippen LogP contribution in [0, 0.1) is 23.7 Å². The van der Waals surface area contributed by atoms with Gasteiger partial charge in [-0.1, -0.05) is 55.2 Å². The van der Waals surface area contributed by atoms with Crippen LogP contribution in [0.25, 0.3) is 0 Å². The summed E-state index contributed by atoms with van der Waals surface area (Å²) in [5.74, 6) is 1.84. The summed E-state index contributed by atoms with van der Waals surface area (Å²) in [6.07, 6.45) is 8.82. The first kappa shape index (κ1) is 32.1. The number of amides is 2. The first-order valence-corrected chi connectivity index (χ1v) is 17.9. The largest absolute Gasteiger partial charge is 0.354 e. The van der Waals surface area contributed by atoms with Crippen molar-refractivity contribution in [3.8, 4) is 0 Å². The fourth-order valence-corrected chi connectivity index (χ4v) is 9.10. The third kappa shape index (κ3) is 7.18. The highest BCUT2D eigenvalue weighted by Gasteiger charge is 2.51. The van der Waals surface area contributed by atoms with Crippen molar-refractivity contribution in [3.63, 3.8) is 0 Å². The van der Waals surface area contributed by atoms with Crippen molar-refractivity contribution in [1.29, 1.82) is 0 Å². The number of rotatable bonds is 11. The van der Waals surface area contributed by atoms with Gasteiger partial charge in [-0.25, -0.2) is 8.42 Å². The third-order valence-corrected chi connectivity index (χ3v) is 11.6. The van der Waals surface area contributed by atoms with Gasteiger partial charge < -0.3 is 10.2 Å². The SMILES string of the molecule is CC(C)CNC(=O)[C@H](C)N(Cc1ccc(Cl)c(Cl)c1)C(=O)CN(c1ccc(C23CC4CC(CC(C4)C2)C3)cc1)S(C)(=O)=O. The topological polar surface area (TPSA) is 86.8 Å². The summed E-state index contributed by atoms with van der Waals surface area (Å²) in [4.78, 5) is 28.4. The quantitative estimate of drug-likeness (QED) is 0.305. The van der Waals surface area contributed by atoms with Crippen LogP contribution < -0.4 is 9.62 Å². The van der Waals surface area contributed by atoms with Gasteiger partial charge >= 0.3 is 0 Å². The van der Waals surface area contributed by atoms with Crippen LogP contribution in [0.1, 0.15) is 70.4 Å². The molecule has 43 heavy (non-hydrogen) atoms.